The molecule has 88 valence electrons. The van der Waals surface area contributed by atoms with Crippen molar-refractivity contribution in [2.24, 2.45) is 0 Å². The molecule has 0 atom stereocenters. The Hall–Kier alpha value is -2.14. The molecule has 0 fully saturated rings. The van der Waals surface area contributed by atoms with Gasteiger partial charge in [0.1, 0.15) is 18.0 Å². The smallest absolute Gasteiger partial charge is 0.135 e. The molecule has 0 aliphatic heterocycles. The van der Waals surface area contributed by atoms with Crippen molar-refractivity contribution in [2.45, 2.75) is 6.61 Å². The lowest BCUT2D eigenvalue weighted by Crippen LogP contribution is -2.00. The van der Waals surface area contributed by atoms with Gasteiger partial charge in [-0.1, -0.05) is 18.2 Å². The van der Waals surface area contributed by atoms with E-state index in [2.05, 4.69) is 15.3 Å². The van der Waals surface area contributed by atoms with Crippen molar-refractivity contribution in [3.63, 3.8) is 0 Å². The Bertz CT molecular complexity index is 501. The van der Waals surface area contributed by atoms with Crippen molar-refractivity contribution in [2.75, 3.05) is 18.2 Å². The molecular weight excluding hydrogens is 216 g/mol. The van der Waals surface area contributed by atoms with E-state index in [4.69, 9.17) is 10.5 Å². The molecule has 1 aromatic heterocycles. The fraction of sp³-hybridized carbons (Fsp3) is 0.167. The summed E-state index contributed by atoms with van der Waals surface area (Å²) in [5, 5.41) is 3.19. The minimum Gasteiger partial charge on any atom is -0.384 e. The first kappa shape index (κ1) is 11.3. The molecule has 0 saturated heterocycles. The molecule has 5 nitrogen and oxygen atoms in total. The number of anilines is 3. The molecule has 1 aromatic carbocycles. The Kier molecular flexibility index (Phi) is 3.52. The van der Waals surface area contributed by atoms with E-state index in [-0.39, 0.29) is 0 Å². The standard InChI is InChI=1S/C12H14N4O/c1-17-7-9-4-2-3-5-10(9)16-12-6-11(13)14-8-15-12/h2-6,8H,7H2,1H3,(H3,13,14,15,16). The first-order valence-corrected chi connectivity index (χ1v) is 5.21. The van der Waals surface area contributed by atoms with Crippen molar-refractivity contribution in [1.82, 2.24) is 9.97 Å². The number of aromatic nitrogens is 2. The van der Waals surface area contributed by atoms with Crippen LogP contribution in [0.25, 0.3) is 0 Å². The lowest BCUT2D eigenvalue weighted by Gasteiger charge is -2.10. The van der Waals surface area contributed by atoms with Gasteiger partial charge in [-0.3, -0.25) is 0 Å². The minimum absolute atomic E-state index is 0.437. The van der Waals surface area contributed by atoms with Gasteiger partial charge in [0.25, 0.3) is 0 Å². The molecule has 0 saturated carbocycles. The zero-order chi connectivity index (χ0) is 12.1. The molecule has 0 radical (unpaired) electrons. The molecule has 0 spiro atoms. The Morgan fingerprint density at radius 2 is 2.12 bits per heavy atom. The second-order valence-electron chi connectivity index (χ2n) is 3.54. The van der Waals surface area contributed by atoms with Gasteiger partial charge in [0.15, 0.2) is 0 Å². The molecule has 0 amide bonds. The van der Waals surface area contributed by atoms with E-state index in [1.54, 1.807) is 13.2 Å². The van der Waals surface area contributed by atoms with Crippen LogP contribution in [-0.2, 0) is 11.3 Å². The molecule has 0 bridgehead atoms. The Balaban J connectivity index is 2.23. The summed E-state index contributed by atoms with van der Waals surface area (Å²) < 4.78 is 5.13. The molecule has 17 heavy (non-hydrogen) atoms. The number of nitrogen functional groups attached to an aromatic ring is 1. The SMILES string of the molecule is COCc1ccccc1Nc1cc(N)ncn1. The number of nitrogens with one attached hydrogen (secondary N) is 1. The van der Waals surface area contributed by atoms with Crippen LogP contribution in [0.5, 0.6) is 0 Å². The van der Waals surface area contributed by atoms with Crippen LogP contribution in [-0.4, -0.2) is 17.1 Å². The first-order valence-electron chi connectivity index (χ1n) is 5.21. The Morgan fingerprint density at radius 1 is 1.29 bits per heavy atom. The topological polar surface area (TPSA) is 73.1 Å². The largest absolute Gasteiger partial charge is 0.384 e. The fourth-order valence-electron chi connectivity index (χ4n) is 1.50. The maximum atomic E-state index is 5.59. The van der Waals surface area contributed by atoms with E-state index in [9.17, 15) is 0 Å². The molecule has 2 aromatic rings. The summed E-state index contributed by atoms with van der Waals surface area (Å²) in [6.07, 6.45) is 1.43. The van der Waals surface area contributed by atoms with Crippen molar-refractivity contribution in [1.29, 1.82) is 0 Å². The summed E-state index contributed by atoms with van der Waals surface area (Å²) >= 11 is 0. The average molecular weight is 230 g/mol. The van der Waals surface area contributed by atoms with Crippen LogP contribution in [0.2, 0.25) is 0 Å². The predicted octanol–water partition coefficient (Wildman–Crippen LogP) is 1.95. The quantitative estimate of drug-likeness (QED) is 0.839. The van der Waals surface area contributed by atoms with Crippen LogP contribution in [0.4, 0.5) is 17.3 Å². The highest BCUT2D eigenvalue weighted by molar-refractivity contribution is 5.61. The molecule has 5 heteroatoms. The molecule has 3 N–H and O–H groups in total. The summed E-state index contributed by atoms with van der Waals surface area (Å²) in [5.74, 6) is 1.10. The maximum Gasteiger partial charge on any atom is 0.135 e. The van der Waals surface area contributed by atoms with Crippen LogP contribution in [0.15, 0.2) is 36.7 Å². The second kappa shape index (κ2) is 5.27. The van der Waals surface area contributed by atoms with Gasteiger partial charge in [0, 0.05) is 24.4 Å². The zero-order valence-electron chi connectivity index (χ0n) is 9.55. The summed E-state index contributed by atoms with van der Waals surface area (Å²) in [6, 6.07) is 9.56. The number of hydrogen-bond acceptors (Lipinski definition) is 5. The zero-order valence-corrected chi connectivity index (χ0v) is 9.55. The van der Waals surface area contributed by atoms with Gasteiger partial charge >= 0.3 is 0 Å². The maximum absolute atomic E-state index is 5.59. The first-order chi connectivity index (χ1) is 8.29. The third-order valence-corrected chi connectivity index (χ3v) is 2.27. The average Bonchev–Trinajstić information content (AvgIpc) is 2.32. The van der Waals surface area contributed by atoms with Gasteiger partial charge in [-0.2, -0.15) is 0 Å². The monoisotopic (exact) mass is 230 g/mol. The highest BCUT2D eigenvalue weighted by Gasteiger charge is 2.02. The molecule has 1 heterocycles. The molecule has 0 unspecified atom stereocenters. The number of nitrogens with zero attached hydrogens (tertiary/aromatic N) is 2. The number of methoxy groups -OCH3 is 1. The van der Waals surface area contributed by atoms with Crippen LogP contribution in [0, 0.1) is 0 Å². The summed E-state index contributed by atoms with van der Waals surface area (Å²) in [6.45, 7) is 0.545. The van der Waals surface area contributed by atoms with Crippen LogP contribution in [0.1, 0.15) is 5.56 Å². The van der Waals surface area contributed by atoms with Gasteiger partial charge in [-0.05, 0) is 6.07 Å². The van der Waals surface area contributed by atoms with E-state index in [0.717, 1.165) is 11.3 Å². The van der Waals surface area contributed by atoms with E-state index in [1.165, 1.54) is 6.33 Å². The van der Waals surface area contributed by atoms with E-state index in [1.807, 2.05) is 24.3 Å². The third kappa shape index (κ3) is 2.92. The molecule has 2 rings (SSSR count). The highest BCUT2D eigenvalue weighted by Crippen LogP contribution is 2.20. The lowest BCUT2D eigenvalue weighted by atomic mass is 10.2. The van der Waals surface area contributed by atoms with E-state index >= 15 is 0 Å². The predicted molar refractivity (Wildman–Crippen MR) is 66.9 cm³/mol. The third-order valence-electron chi connectivity index (χ3n) is 2.27. The summed E-state index contributed by atoms with van der Waals surface area (Å²) in [7, 11) is 1.67. The number of para-hydroxylation sites is 1. The normalized spacial score (nSPS) is 10.2. The van der Waals surface area contributed by atoms with Gasteiger partial charge in [0.2, 0.25) is 0 Å². The van der Waals surface area contributed by atoms with Gasteiger partial charge in [-0.15, -0.1) is 0 Å². The van der Waals surface area contributed by atoms with Crippen molar-refractivity contribution < 1.29 is 4.74 Å². The van der Waals surface area contributed by atoms with E-state index in [0.29, 0.717) is 18.2 Å². The number of hydrogen-bond donors (Lipinski definition) is 2. The van der Waals surface area contributed by atoms with Crippen LogP contribution >= 0.6 is 0 Å². The lowest BCUT2D eigenvalue weighted by molar-refractivity contribution is 0.185. The second-order valence-corrected chi connectivity index (χ2v) is 3.54. The van der Waals surface area contributed by atoms with Crippen LogP contribution < -0.4 is 11.1 Å². The van der Waals surface area contributed by atoms with Gasteiger partial charge in [-0.25, -0.2) is 9.97 Å². The molecule has 0 aliphatic rings. The van der Waals surface area contributed by atoms with Crippen molar-refractivity contribution in [3.8, 4) is 0 Å². The Labute approximate surface area is 99.7 Å². The number of ether oxygens (including phenoxy) is 1. The Morgan fingerprint density at radius 3 is 2.88 bits per heavy atom. The van der Waals surface area contributed by atoms with Crippen LogP contribution in [0.3, 0.4) is 0 Å². The van der Waals surface area contributed by atoms with Gasteiger partial charge < -0.3 is 15.8 Å². The summed E-state index contributed by atoms with van der Waals surface area (Å²) in [5.41, 5.74) is 7.61. The number of rotatable bonds is 4. The minimum atomic E-state index is 0.437. The van der Waals surface area contributed by atoms with E-state index < -0.39 is 0 Å². The fourth-order valence-corrected chi connectivity index (χ4v) is 1.50. The molecular formula is C12H14N4O. The van der Waals surface area contributed by atoms with Gasteiger partial charge in [0.05, 0.1) is 6.61 Å². The number of benzene rings is 1. The number of nitrogens with two attached hydrogens (primary N) is 1. The van der Waals surface area contributed by atoms with Crippen molar-refractivity contribution in [3.05, 3.63) is 42.2 Å². The highest BCUT2D eigenvalue weighted by atomic mass is 16.5. The summed E-state index contributed by atoms with van der Waals surface area (Å²) in [4.78, 5) is 7.94. The molecule has 0 aliphatic carbocycles. The van der Waals surface area contributed by atoms with Crippen molar-refractivity contribution >= 4 is 17.3 Å².